The van der Waals surface area contributed by atoms with Crippen molar-refractivity contribution in [3.05, 3.63) is 29.8 Å². The van der Waals surface area contributed by atoms with Gasteiger partial charge in [0.15, 0.2) is 0 Å². The van der Waals surface area contributed by atoms with E-state index < -0.39 is 0 Å². The average molecular weight is 234 g/mol. The van der Waals surface area contributed by atoms with Crippen LogP contribution in [0.1, 0.15) is 18.9 Å². The molecular formula is C13H18N2O2. The molecule has 0 bridgehead atoms. The van der Waals surface area contributed by atoms with E-state index in [1.807, 2.05) is 31.2 Å². The normalized spacial score (nSPS) is 23.6. The SMILES string of the molecule is CC1CCOC1C(=O)Nc1ccc(CN)cc1. The van der Waals surface area contributed by atoms with Crippen molar-refractivity contribution in [2.45, 2.75) is 26.0 Å². The third-order valence-corrected chi connectivity index (χ3v) is 3.10. The van der Waals surface area contributed by atoms with Crippen LogP contribution in [0.25, 0.3) is 0 Å². The van der Waals surface area contributed by atoms with Crippen LogP contribution in [0.3, 0.4) is 0 Å². The van der Waals surface area contributed by atoms with Gasteiger partial charge in [0, 0.05) is 18.8 Å². The number of rotatable bonds is 3. The Kier molecular flexibility index (Phi) is 3.76. The highest BCUT2D eigenvalue weighted by Gasteiger charge is 2.30. The van der Waals surface area contributed by atoms with E-state index in [2.05, 4.69) is 5.32 Å². The zero-order valence-electron chi connectivity index (χ0n) is 9.98. The molecule has 0 aliphatic carbocycles. The monoisotopic (exact) mass is 234 g/mol. The van der Waals surface area contributed by atoms with Gasteiger partial charge in [-0.05, 0) is 30.0 Å². The topological polar surface area (TPSA) is 64.3 Å². The summed E-state index contributed by atoms with van der Waals surface area (Å²) in [6.45, 7) is 3.22. The van der Waals surface area contributed by atoms with Crippen molar-refractivity contribution in [2.75, 3.05) is 11.9 Å². The Balaban J connectivity index is 1.97. The highest BCUT2D eigenvalue weighted by molar-refractivity contribution is 5.94. The van der Waals surface area contributed by atoms with Gasteiger partial charge in [-0.1, -0.05) is 19.1 Å². The number of nitrogens with one attached hydrogen (secondary N) is 1. The molecule has 1 aromatic rings. The van der Waals surface area contributed by atoms with E-state index >= 15 is 0 Å². The Morgan fingerprint density at radius 3 is 2.71 bits per heavy atom. The van der Waals surface area contributed by atoms with E-state index in [-0.39, 0.29) is 12.0 Å². The molecular weight excluding hydrogens is 216 g/mol. The third-order valence-electron chi connectivity index (χ3n) is 3.10. The number of hydrogen-bond donors (Lipinski definition) is 2. The quantitative estimate of drug-likeness (QED) is 0.833. The fraction of sp³-hybridized carbons (Fsp3) is 0.462. The molecule has 2 rings (SSSR count). The van der Waals surface area contributed by atoms with Crippen LogP contribution in [0, 0.1) is 5.92 Å². The molecule has 17 heavy (non-hydrogen) atoms. The van der Waals surface area contributed by atoms with Gasteiger partial charge in [-0.25, -0.2) is 0 Å². The summed E-state index contributed by atoms with van der Waals surface area (Å²) in [7, 11) is 0. The van der Waals surface area contributed by atoms with Crippen molar-refractivity contribution >= 4 is 11.6 Å². The average Bonchev–Trinajstić information content (AvgIpc) is 2.76. The number of carbonyl (C=O) groups excluding carboxylic acids is 1. The summed E-state index contributed by atoms with van der Waals surface area (Å²) in [5.41, 5.74) is 7.35. The largest absolute Gasteiger partial charge is 0.368 e. The van der Waals surface area contributed by atoms with Gasteiger partial charge in [-0.15, -0.1) is 0 Å². The predicted molar refractivity (Wildman–Crippen MR) is 66.5 cm³/mol. The first-order chi connectivity index (χ1) is 8.20. The van der Waals surface area contributed by atoms with Crippen molar-refractivity contribution in [1.29, 1.82) is 0 Å². The number of ether oxygens (including phenoxy) is 1. The number of benzene rings is 1. The number of hydrogen-bond acceptors (Lipinski definition) is 3. The highest BCUT2D eigenvalue weighted by atomic mass is 16.5. The maximum Gasteiger partial charge on any atom is 0.253 e. The van der Waals surface area contributed by atoms with Crippen LogP contribution in [0.5, 0.6) is 0 Å². The molecule has 1 aliphatic heterocycles. The number of carbonyl (C=O) groups is 1. The molecule has 2 atom stereocenters. The zero-order chi connectivity index (χ0) is 12.3. The fourth-order valence-electron chi connectivity index (χ4n) is 1.97. The molecule has 1 fully saturated rings. The van der Waals surface area contributed by atoms with Gasteiger partial charge in [-0.3, -0.25) is 4.79 Å². The van der Waals surface area contributed by atoms with Crippen LogP contribution in [-0.2, 0) is 16.1 Å². The second kappa shape index (κ2) is 5.29. The summed E-state index contributed by atoms with van der Waals surface area (Å²) in [6.07, 6.45) is 0.633. The molecule has 1 aliphatic rings. The van der Waals surface area contributed by atoms with E-state index in [1.165, 1.54) is 0 Å². The van der Waals surface area contributed by atoms with E-state index in [1.54, 1.807) is 0 Å². The van der Waals surface area contributed by atoms with Crippen LogP contribution >= 0.6 is 0 Å². The van der Waals surface area contributed by atoms with Gasteiger partial charge >= 0.3 is 0 Å². The molecule has 2 unspecified atom stereocenters. The molecule has 3 N–H and O–H groups in total. The van der Waals surface area contributed by atoms with Crippen LogP contribution in [0.15, 0.2) is 24.3 Å². The molecule has 1 aromatic carbocycles. The first-order valence-electron chi connectivity index (χ1n) is 5.92. The summed E-state index contributed by atoms with van der Waals surface area (Å²) in [5, 5.41) is 2.86. The Labute approximate surface area is 101 Å². The van der Waals surface area contributed by atoms with E-state index in [0.29, 0.717) is 19.1 Å². The lowest BCUT2D eigenvalue weighted by Gasteiger charge is -2.14. The third kappa shape index (κ3) is 2.84. The van der Waals surface area contributed by atoms with Gasteiger partial charge in [0.2, 0.25) is 0 Å². The van der Waals surface area contributed by atoms with E-state index in [0.717, 1.165) is 17.7 Å². The molecule has 0 aromatic heterocycles. The molecule has 4 nitrogen and oxygen atoms in total. The lowest BCUT2D eigenvalue weighted by Crippen LogP contribution is -2.31. The van der Waals surface area contributed by atoms with Crippen molar-refractivity contribution in [3.8, 4) is 0 Å². The molecule has 0 radical (unpaired) electrons. The van der Waals surface area contributed by atoms with Crippen molar-refractivity contribution in [1.82, 2.24) is 0 Å². The molecule has 92 valence electrons. The Morgan fingerprint density at radius 2 is 2.18 bits per heavy atom. The lowest BCUT2D eigenvalue weighted by molar-refractivity contribution is -0.126. The van der Waals surface area contributed by atoms with Crippen LogP contribution < -0.4 is 11.1 Å². The lowest BCUT2D eigenvalue weighted by atomic mass is 10.0. The maximum absolute atomic E-state index is 11.9. The summed E-state index contributed by atoms with van der Waals surface area (Å²) in [6, 6.07) is 7.54. The molecule has 4 heteroatoms. The molecule has 0 spiro atoms. The van der Waals surface area contributed by atoms with Gasteiger partial charge in [0.25, 0.3) is 5.91 Å². The Bertz CT molecular complexity index is 389. The van der Waals surface area contributed by atoms with Crippen LogP contribution in [0.4, 0.5) is 5.69 Å². The standard InChI is InChI=1S/C13H18N2O2/c1-9-6-7-17-12(9)13(16)15-11-4-2-10(8-14)3-5-11/h2-5,9,12H,6-8,14H2,1H3,(H,15,16). The summed E-state index contributed by atoms with van der Waals surface area (Å²) < 4.78 is 5.41. The van der Waals surface area contributed by atoms with Crippen molar-refractivity contribution < 1.29 is 9.53 Å². The first-order valence-corrected chi connectivity index (χ1v) is 5.92. The van der Waals surface area contributed by atoms with Crippen molar-refractivity contribution in [3.63, 3.8) is 0 Å². The Morgan fingerprint density at radius 1 is 1.47 bits per heavy atom. The Hall–Kier alpha value is -1.39. The van der Waals surface area contributed by atoms with E-state index in [4.69, 9.17) is 10.5 Å². The number of amides is 1. The molecule has 1 amide bonds. The van der Waals surface area contributed by atoms with Gasteiger partial charge < -0.3 is 15.8 Å². The minimum absolute atomic E-state index is 0.0597. The number of nitrogens with two attached hydrogens (primary N) is 1. The number of anilines is 1. The highest BCUT2D eigenvalue weighted by Crippen LogP contribution is 2.21. The zero-order valence-corrected chi connectivity index (χ0v) is 9.98. The summed E-state index contributed by atoms with van der Waals surface area (Å²) >= 11 is 0. The first kappa shape index (κ1) is 12.1. The summed E-state index contributed by atoms with van der Waals surface area (Å²) in [5.74, 6) is 0.230. The molecule has 1 heterocycles. The second-order valence-corrected chi connectivity index (χ2v) is 4.45. The van der Waals surface area contributed by atoms with Gasteiger partial charge in [0.1, 0.15) is 6.10 Å². The predicted octanol–water partition coefficient (Wildman–Crippen LogP) is 1.51. The minimum Gasteiger partial charge on any atom is -0.368 e. The maximum atomic E-state index is 11.9. The second-order valence-electron chi connectivity index (χ2n) is 4.45. The molecule has 1 saturated heterocycles. The van der Waals surface area contributed by atoms with Gasteiger partial charge in [-0.2, -0.15) is 0 Å². The van der Waals surface area contributed by atoms with Crippen molar-refractivity contribution in [2.24, 2.45) is 11.7 Å². The smallest absolute Gasteiger partial charge is 0.253 e. The van der Waals surface area contributed by atoms with Crippen LogP contribution in [0.2, 0.25) is 0 Å². The summed E-state index contributed by atoms with van der Waals surface area (Å²) in [4.78, 5) is 11.9. The van der Waals surface area contributed by atoms with Gasteiger partial charge in [0.05, 0.1) is 0 Å². The van der Waals surface area contributed by atoms with Crippen LogP contribution in [-0.4, -0.2) is 18.6 Å². The fourth-order valence-corrected chi connectivity index (χ4v) is 1.97. The molecule has 0 saturated carbocycles. The minimum atomic E-state index is -0.316. The van der Waals surface area contributed by atoms with E-state index in [9.17, 15) is 4.79 Å².